The summed E-state index contributed by atoms with van der Waals surface area (Å²) >= 11 is 0. The molecule has 0 spiro atoms. The van der Waals surface area contributed by atoms with Crippen LogP contribution in [-0.2, 0) is 18.8 Å². The summed E-state index contributed by atoms with van der Waals surface area (Å²) in [7, 11) is -4.42. The van der Waals surface area contributed by atoms with E-state index in [1.54, 1.807) is 0 Å². The van der Waals surface area contributed by atoms with Crippen LogP contribution in [0.5, 0.6) is 0 Å². The van der Waals surface area contributed by atoms with E-state index in [1.807, 2.05) is 0 Å². The van der Waals surface area contributed by atoms with Gasteiger partial charge in [-0.25, -0.2) is 14.2 Å². The number of carbonyl (C=O) groups is 1. The molecule has 8 nitrogen and oxygen atoms in total. The van der Waals surface area contributed by atoms with E-state index >= 15 is 0 Å². The molecule has 0 fully saturated rings. The smallest absolute Gasteiger partial charge is 0.469 e. The summed E-state index contributed by atoms with van der Waals surface area (Å²) in [6.45, 7) is 4.01. The number of carboxylic acids is 1. The van der Waals surface area contributed by atoms with Crippen LogP contribution in [0, 0.1) is 0 Å². The molecule has 0 radical (unpaired) electrons. The second kappa shape index (κ2) is 8.54. The standard InChI is InChI=1S/C3H9O6P.C3H4O2/c1-3(9-4)2-8-10(5,6)7;1-2-3(4)5/h3-4H,2H2,1H3,(H2,5,6,7);2H,1H2,(H,4,5). The Labute approximate surface area is 85.9 Å². The summed E-state index contributed by atoms with van der Waals surface area (Å²) in [6.07, 6.45) is 0.0904. The largest absolute Gasteiger partial charge is 0.478 e. The SMILES string of the molecule is C=CC(=O)O.CC(COP(=O)(O)O)OO. The molecule has 0 rings (SSSR count). The van der Waals surface area contributed by atoms with Gasteiger partial charge in [0.1, 0.15) is 6.10 Å². The number of rotatable bonds is 5. The van der Waals surface area contributed by atoms with E-state index in [1.165, 1.54) is 6.92 Å². The van der Waals surface area contributed by atoms with Gasteiger partial charge in [0.15, 0.2) is 0 Å². The molecule has 0 aliphatic carbocycles. The maximum Gasteiger partial charge on any atom is 0.469 e. The molecule has 15 heavy (non-hydrogen) atoms. The second-order valence-electron chi connectivity index (χ2n) is 2.24. The molecule has 0 saturated heterocycles. The van der Waals surface area contributed by atoms with E-state index in [2.05, 4.69) is 16.0 Å². The Hall–Kier alpha value is -0.760. The number of hydrogen-bond acceptors (Lipinski definition) is 5. The Morgan fingerprint density at radius 3 is 2.20 bits per heavy atom. The molecular weight excluding hydrogens is 231 g/mol. The number of phosphoric ester groups is 1. The molecule has 1 unspecified atom stereocenters. The molecule has 0 saturated carbocycles. The molecule has 0 amide bonds. The van der Waals surface area contributed by atoms with E-state index in [9.17, 15) is 9.36 Å². The number of phosphoric acid groups is 1. The van der Waals surface area contributed by atoms with Crippen molar-refractivity contribution in [1.29, 1.82) is 0 Å². The van der Waals surface area contributed by atoms with Crippen LogP contribution in [0.1, 0.15) is 6.92 Å². The Bertz CT molecular complexity index is 233. The Kier molecular flexibility index (Phi) is 9.49. The molecule has 0 aliphatic rings. The maximum atomic E-state index is 9.99. The third-order valence-electron chi connectivity index (χ3n) is 0.832. The van der Waals surface area contributed by atoms with Gasteiger partial charge in [-0.2, -0.15) is 0 Å². The van der Waals surface area contributed by atoms with E-state index in [0.717, 1.165) is 6.08 Å². The topological polar surface area (TPSA) is 134 Å². The Morgan fingerprint density at radius 1 is 1.60 bits per heavy atom. The summed E-state index contributed by atoms with van der Waals surface area (Å²) in [6, 6.07) is 0. The summed E-state index contributed by atoms with van der Waals surface area (Å²) in [5, 5.41) is 15.5. The van der Waals surface area contributed by atoms with Gasteiger partial charge in [-0.1, -0.05) is 6.58 Å². The predicted octanol–water partition coefficient (Wildman–Crippen LogP) is 0.231. The minimum Gasteiger partial charge on any atom is -0.478 e. The number of carboxylic acid groups (broad SMARTS) is 1. The van der Waals surface area contributed by atoms with Crippen molar-refractivity contribution < 1.29 is 38.9 Å². The molecule has 0 aromatic rings. The zero-order chi connectivity index (χ0) is 12.5. The second-order valence-corrected chi connectivity index (χ2v) is 3.48. The summed E-state index contributed by atoms with van der Waals surface area (Å²) in [5.74, 6) is -0.981. The molecule has 0 aromatic heterocycles. The quantitative estimate of drug-likeness (QED) is 0.234. The van der Waals surface area contributed by atoms with Crippen molar-refractivity contribution in [2.45, 2.75) is 13.0 Å². The van der Waals surface area contributed by atoms with Gasteiger partial charge in [-0.15, -0.1) is 0 Å². The highest BCUT2D eigenvalue weighted by Gasteiger charge is 2.15. The first-order valence-corrected chi connectivity index (χ1v) is 5.11. The van der Waals surface area contributed by atoms with Gasteiger partial charge >= 0.3 is 13.8 Å². The highest BCUT2D eigenvalue weighted by atomic mass is 31.2. The molecule has 0 aromatic carbocycles. The molecule has 0 bridgehead atoms. The Morgan fingerprint density at radius 2 is 2.00 bits per heavy atom. The fraction of sp³-hybridized carbons (Fsp3) is 0.500. The van der Waals surface area contributed by atoms with Crippen molar-refractivity contribution in [2.75, 3.05) is 6.61 Å². The van der Waals surface area contributed by atoms with Crippen LogP contribution < -0.4 is 0 Å². The highest BCUT2D eigenvalue weighted by Crippen LogP contribution is 2.35. The van der Waals surface area contributed by atoms with Gasteiger partial charge in [0.25, 0.3) is 0 Å². The maximum absolute atomic E-state index is 9.99. The average molecular weight is 244 g/mol. The van der Waals surface area contributed by atoms with E-state index < -0.39 is 19.9 Å². The van der Waals surface area contributed by atoms with Gasteiger partial charge in [0.05, 0.1) is 6.61 Å². The molecule has 4 N–H and O–H groups in total. The lowest BCUT2D eigenvalue weighted by atomic mass is 10.5. The van der Waals surface area contributed by atoms with Crippen molar-refractivity contribution >= 4 is 13.8 Å². The minimum absolute atomic E-state index is 0.346. The van der Waals surface area contributed by atoms with Gasteiger partial charge in [0.2, 0.25) is 0 Å². The lowest BCUT2D eigenvalue weighted by Gasteiger charge is -2.08. The minimum atomic E-state index is -4.42. The molecule has 9 heteroatoms. The lowest BCUT2D eigenvalue weighted by Crippen LogP contribution is -2.12. The molecule has 0 heterocycles. The molecule has 1 atom stereocenters. The lowest BCUT2D eigenvalue weighted by molar-refractivity contribution is -0.278. The van der Waals surface area contributed by atoms with Gasteiger partial charge in [0, 0.05) is 6.08 Å². The molecule has 0 aliphatic heterocycles. The van der Waals surface area contributed by atoms with Crippen LogP contribution in [0.15, 0.2) is 12.7 Å². The van der Waals surface area contributed by atoms with Crippen molar-refractivity contribution in [3.63, 3.8) is 0 Å². The van der Waals surface area contributed by atoms with Crippen molar-refractivity contribution in [1.82, 2.24) is 0 Å². The fourth-order valence-electron chi connectivity index (χ4n) is 0.232. The number of hydrogen-bond donors (Lipinski definition) is 4. The van der Waals surface area contributed by atoms with E-state index in [-0.39, 0.29) is 6.61 Å². The van der Waals surface area contributed by atoms with Crippen LogP contribution >= 0.6 is 7.82 Å². The Balaban J connectivity index is 0. The predicted molar refractivity (Wildman–Crippen MR) is 49.0 cm³/mol. The van der Waals surface area contributed by atoms with Crippen LogP contribution in [0.2, 0.25) is 0 Å². The summed E-state index contributed by atoms with van der Waals surface area (Å²) < 4.78 is 14.0. The molecule has 90 valence electrons. The first-order valence-electron chi connectivity index (χ1n) is 3.58. The summed E-state index contributed by atoms with van der Waals surface area (Å²) in [5.41, 5.74) is 0. The normalized spacial score (nSPS) is 12.3. The van der Waals surface area contributed by atoms with Crippen LogP contribution in [-0.4, -0.2) is 38.8 Å². The van der Waals surface area contributed by atoms with Crippen molar-refractivity contribution in [3.05, 3.63) is 12.7 Å². The van der Waals surface area contributed by atoms with Crippen molar-refractivity contribution in [3.8, 4) is 0 Å². The van der Waals surface area contributed by atoms with Gasteiger partial charge in [-0.3, -0.25) is 9.78 Å². The highest BCUT2D eigenvalue weighted by molar-refractivity contribution is 7.46. The van der Waals surface area contributed by atoms with Gasteiger partial charge < -0.3 is 14.9 Å². The fourth-order valence-corrected chi connectivity index (χ4v) is 0.637. The first-order chi connectivity index (χ1) is 6.72. The average Bonchev–Trinajstić information content (AvgIpc) is 2.14. The third kappa shape index (κ3) is 19.6. The monoisotopic (exact) mass is 244 g/mol. The molecular formula is C6H13O8P. The third-order valence-corrected chi connectivity index (χ3v) is 1.32. The first kappa shape index (κ1) is 16.7. The van der Waals surface area contributed by atoms with Crippen molar-refractivity contribution in [2.24, 2.45) is 0 Å². The van der Waals surface area contributed by atoms with Crippen LogP contribution in [0.4, 0.5) is 0 Å². The zero-order valence-corrected chi connectivity index (χ0v) is 8.83. The summed E-state index contributed by atoms with van der Waals surface area (Å²) in [4.78, 5) is 29.2. The van der Waals surface area contributed by atoms with Crippen LogP contribution in [0.3, 0.4) is 0 Å². The van der Waals surface area contributed by atoms with E-state index in [0.29, 0.717) is 0 Å². The van der Waals surface area contributed by atoms with E-state index in [4.69, 9.17) is 20.2 Å². The van der Waals surface area contributed by atoms with Gasteiger partial charge in [-0.05, 0) is 6.92 Å². The zero-order valence-electron chi connectivity index (χ0n) is 7.94. The number of aliphatic carboxylic acids is 1. The van der Waals surface area contributed by atoms with Crippen LogP contribution in [0.25, 0.3) is 0 Å².